The molecule has 0 heterocycles. The van der Waals surface area contributed by atoms with Gasteiger partial charge in [-0.1, -0.05) is 66.7 Å². The molecule has 0 N–H and O–H groups in total. The van der Waals surface area contributed by atoms with Crippen LogP contribution in [-0.4, -0.2) is 11.9 Å². The van der Waals surface area contributed by atoms with Gasteiger partial charge in [-0.15, -0.1) is 0 Å². The fourth-order valence-electron chi connectivity index (χ4n) is 1.95. The summed E-state index contributed by atoms with van der Waals surface area (Å²) in [6, 6.07) is 26.7. The first kappa shape index (κ1) is 17.9. The van der Waals surface area contributed by atoms with Crippen molar-refractivity contribution in [3.05, 3.63) is 108 Å². The van der Waals surface area contributed by atoms with Crippen molar-refractivity contribution in [1.29, 1.82) is 0 Å². The average Bonchev–Trinajstić information content (AvgIpc) is 2.69. The molecule has 0 atom stereocenters. The minimum absolute atomic E-state index is 0.220. The van der Waals surface area contributed by atoms with Crippen LogP contribution in [0.2, 0.25) is 0 Å². The van der Waals surface area contributed by atoms with E-state index in [0.717, 1.165) is 5.56 Å². The van der Waals surface area contributed by atoms with Crippen molar-refractivity contribution in [1.82, 2.24) is 0 Å². The topological polar surface area (TPSA) is 63.3 Å². The van der Waals surface area contributed by atoms with Gasteiger partial charge in [-0.05, 0) is 29.8 Å². The fraction of sp³-hybridized carbons (Fsp3) is 0.0476. The Balaban J connectivity index is 0.000000212. The van der Waals surface area contributed by atoms with E-state index >= 15 is 0 Å². The SMILES string of the molecule is O=C(OCc1ccccc1)c1ccccc1.[O]C(=O)c1ccccc1. The van der Waals surface area contributed by atoms with Crippen molar-refractivity contribution in [3.63, 3.8) is 0 Å². The number of rotatable bonds is 4. The molecule has 0 aliphatic carbocycles. The molecule has 3 aromatic carbocycles. The van der Waals surface area contributed by atoms with Crippen LogP contribution in [-0.2, 0) is 16.5 Å². The lowest BCUT2D eigenvalue weighted by molar-refractivity contribution is 0.0471. The molecule has 0 aliphatic heterocycles. The number of benzene rings is 3. The van der Waals surface area contributed by atoms with Crippen LogP contribution in [0.25, 0.3) is 0 Å². The lowest BCUT2D eigenvalue weighted by Gasteiger charge is -2.04. The van der Waals surface area contributed by atoms with Gasteiger partial charge in [-0.3, -0.25) is 0 Å². The molecule has 125 valence electrons. The molecule has 4 nitrogen and oxygen atoms in total. The van der Waals surface area contributed by atoms with Gasteiger partial charge in [-0.2, -0.15) is 0 Å². The summed E-state index contributed by atoms with van der Waals surface area (Å²) >= 11 is 0. The molecule has 3 aromatic rings. The zero-order chi connectivity index (χ0) is 17.9. The second kappa shape index (κ2) is 9.67. The van der Waals surface area contributed by atoms with Crippen LogP contribution >= 0.6 is 0 Å². The smallest absolute Gasteiger partial charge is 0.386 e. The van der Waals surface area contributed by atoms with Gasteiger partial charge in [0.15, 0.2) is 0 Å². The first-order valence-electron chi connectivity index (χ1n) is 7.69. The predicted octanol–water partition coefficient (Wildman–Crippen LogP) is 4.30. The Morgan fingerprint density at radius 1 is 0.640 bits per heavy atom. The second-order valence-electron chi connectivity index (χ2n) is 5.08. The van der Waals surface area contributed by atoms with Gasteiger partial charge in [0.05, 0.1) is 11.1 Å². The van der Waals surface area contributed by atoms with E-state index < -0.39 is 5.97 Å². The molecular weight excluding hydrogens is 316 g/mol. The Hall–Kier alpha value is -3.40. The summed E-state index contributed by atoms with van der Waals surface area (Å²) in [6.45, 7) is 0.314. The van der Waals surface area contributed by atoms with Crippen molar-refractivity contribution < 1.29 is 19.4 Å². The van der Waals surface area contributed by atoms with E-state index in [4.69, 9.17) is 4.74 Å². The van der Waals surface area contributed by atoms with Crippen LogP contribution in [0.5, 0.6) is 0 Å². The number of carbonyl (C=O) groups excluding carboxylic acids is 2. The molecule has 0 saturated heterocycles. The number of ether oxygens (including phenoxy) is 1. The highest BCUT2D eigenvalue weighted by Crippen LogP contribution is 2.05. The molecular formula is C21H17O4. The highest BCUT2D eigenvalue weighted by atomic mass is 16.5. The molecule has 0 aliphatic rings. The summed E-state index contributed by atoms with van der Waals surface area (Å²) in [5.74, 6) is -1.42. The normalized spacial score (nSPS) is 9.44. The summed E-state index contributed by atoms with van der Waals surface area (Å²) in [6.07, 6.45) is 0. The molecule has 0 saturated carbocycles. The minimum Gasteiger partial charge on any atom is -0.457 e. The molecule has 0 amide bonds. The third-order valence-corrected chi connectivity index (χ3v) is 3.23. The largest absolute Gasteiger partial charge is 0.457 e. The van der Waals surface area contributed by atoms with Crippen molar-refractivity contribution in [2.75, 3.05) is 0 Å². The van der Waals surface area contributed by atoms with Crippen molar-refractivity contribution in [2.24, 2.45) is 0 Å². The van der Waals surface area contributed by atoms with E-state index in [0.29, 0.717) is 12.2 Å². The lowest BCUT2D eigenvalue weighted by atomic mass is 10.2. The third kappa shape index (κ3) is 6.31. The summed E-state index contributed by atoms with van der Waals surface area (Å²) < 4.78 is 5.18. The van der Waals surface area contributed by atoms with Gasteiger partial charge >= 0.3 is 11.9 Å². The second-order valence-corrected chi connectivity index (χ2v) is 5.08. The van der Waals surface area contributed by atoms with Crippen LogP contribution in [0.3, 0.4) is 0 Å². The number of esters is 1. The summed E-state index contributed by atoms with van der Waals surface area (Å²) in [4.78, 5) is 21.7. The van der Waals surface area contributed by atoms with Gasteiger partial charge in [-0.25, -0.2) is 14.7 Å². The molecule has 0 bridgehead atoms. The van der Waals surface area contributed by atoms with E-state index in [2.05, 4.69) is 0 Å². The Kier molecular flexibility index (Phi) is 6.95. The van der Waals surface area contributed by atoms with Crippen molar-refractivity contribution in [2.45, 2.75) is 6.61 Å². The van der Waals surface area contributed by atoms with E-state index in [9.17, 15) is 14.7 Å². The highest BCUT2D eigenvalue weighted by molar-refractivity contribution is 5.89. The molecule has 25 heavy (non-hydrogen) atoms. The molecule has 4 heteroatoms. The van der Waals surface area contributed by atoms with Gasteiger partial charge in [0, 0.05) is 0 Å². The summed E-state index contributed by atoms with van der Waals surface area (Å²) in [7, 11) is 0. The van der Waals surface area contributed by atoms with Crippen LogP contribution in [0.1, 0.15) is 26.3 Å². The summed E-state index contributed by atoms with van der Waals surface area (Å²) in [5, 5.41) is 10.1. The average molecular weight is 333 g/mol. The van der Waals surface area contributed by atoms with Gasteiger partial charge in [0.25, 0.3) is 0 Å². The Bertz CT molecular complexity index is 784. The molecule has 0 spiro atoms. The highest BCUT2D eigenvalue weighted by Gasteiger charge is 2.05. The minimum atomic E-state index is -1.13. The van der Waals surface area contributed by atoms with E-state index in [1.807, 2.05) is 48.5 Å². The van der Waals surface area contributed by atoms with Crippen molar-refractivity contribution in [3.8, 4) is 0 Å². The summed E-state index contributed by atoms with van der Waals surface area (Å²) in [5.41, 5.74) is 1.79. The standard InChI is InChI=1S/C14H12O2.C7H5O2/c15-14(13-9-5-2-6-10-13)16-11-12-7-3-1-4-8-12;8-7(9)6-4-2-1-3-5-6/h1-10H,11H2;1-5H. The van der Waals surface area contributed by atoms with Gasteiger partial charge in [0.2, 0.25) is 0 Å². The van der Waals surface area contributed by atoms with E-state index in [1.54, 1.807) is 30.3 Å². The zero-order valence-electron chi connectivity index (χ0n) is 13.5. The van der Waals surface area contributed by atoms with E-state index in [-0.39, 0.29) is 11.5 Å². The molecule has 1 radical (unpaired) electrons. The van der Waals surface area contributed by atoms with Crippen LogP contribution < -0.4 is 0 Å². The maximum absolute atomic E-state index is 11.6. The first-order chi connectivity index (χ1) is 12.2. The third-order valence-electron chi connectivity index (χ3n) is 3.23. The maximum atomic E-state index is 11.6. The Labute approximate surface area is 146 Å². The monoisotopic (exact) mass is 333 g/mol. The number of carbonyl (C=O) groups is 2. The zero-order valence-corrected chi connectivity index (χ0v) is 13.5. The first-order valence-corrected chi connectivity index (χ1v) is 7.69. The Morgan fingerprint density at radius 3 is 1.52 bits per heavy atom. The molecule has 0 aromatic heterocycles. The Morgan fingerprint density at radius 2 is 1.08 bits per heavy atom. The molecule has 0 fully saturated rings. The van der Waals surface area contributed by atoms with Crippen LogP contribution in [0.4, 0.5) is 0 Å². The van der Waals surface area contributed by atoms with Crippen molar-refractivity contribution >= 4 is 11.9 Å². The predicted molar refractivity (Wildman–Crippen MR) is 93.5 cm³/mol. The number of hydrogen-bond acceptors (Lipinski definition) is 3. The van der Waals surface area contributed by atoms with E-state index in [1.165, 1.54) is 12.1 Å². The molecule has 3 rings (SSSR count). The molecule has 0 unspecified atom stereocenters. The lowest BCUT2D eigenvalue weighted by Crippen LogP contribution is -2.04. The van der Waals surface area contributed by atoms with Gasteiger partial charge in [0.1, 0.15) is 6.61 Å². The quantitative estimate of drug-likeness (QED) is 0.669. The fourth-order valence-corrected chi connectivity index (χ4v) is 1.95. The maximum Gasteiger partial charge on any atom is 0.386 e. The van der Waals surface area contributed by atoms with Crippen LogP contribution in [0, 0.1) is 0 Å². The van der Waals surface area contributed by atoms with Crippen LogP contribution in [0.15, 0.2) is 91.0 Å². The number of hydrogen-bond donors (Lipinski definition) is 0. The van der Waals surface area contributed by atoms with Gasteiger partial charge < -0.3 is 4.74 Å².